The van der Waals surface area contributed by atoms with Crippen LogP contribution in [0.3, 0.4) is 0 Å². The molecule has 2 N–H and O–H groups in total. The van der Waals surface area contributed by atoms with Gasteiger partial charge in [0.25, 0.3) is 0 Å². The van der Waals surface area contributed by atoms with E-state index < -0.39 is 11.2 Å². The molecule has 1 aromatic heterocycles. The van der Waals surface area contributed by atoms with Crippen LogP contribution in [0.1, 0.15) is 5.56 Å². The lowest BCUT2D eigenvalue weighted by molar-refractivity contribution is 0.446. The van der Waals surface area contributed by atoms with Gasteiger partial charge in [-0.05, 0) is 19.1 Å². The molecular formula is C16H12O4. The molecule has 0 atom stereocenters. The van der Waals surface area contributed by atoms with E-state index in [1.807, 2.05) is 6.07 Å². The zero-order valence-electron chi connectivity index (χ0n) is 10.8. The van der Waals surface area contributed by atoms with Crippen molar-refractivity contribution >= 4 is 11.0 Å². The van der Waals surface area contributed by atoms with Crippen LogP contribution >= 0.6 is 0 Å². The average Bonchev–Trinajstić information content (AvgIpc) is 2.47. The van der Waals surface area contributed by atoms with Crippen LogP contribution in [0.15, 0.2) is 51.7 Å². The molecule has 0 aliphatic heterocycles. The molecule has 3 aromatic rings. The highest BCUT2D eigenvalue weighted by Gasteiger charge is 2.17. The molecule has 0 aliphatic rings. The number of hydrogen-bond acceptors (Lipinski definition) is 4. The number of phenolic OH excluding ortho intramolecular Hbond substituents is 1. The van der Waals surface area contributed by atoms with Gasteiger partial charge in [0.1, 0.15) is 11.3 Å². The fourth-order valence-corrected chi connectivity index (χ4v) is 2.16. The first-order valence-electron chi connectivity index (χ1n) is 6.13. The van der Waals surface area contributed by atoms with E-state index in [-0.39, 0.29) is 22.5 Å². The smallest absolute Gasteiger partial charge is 0.235 e. The third-order valence-electron chi connectivity index (χ3n) is 3.29. The molecule has 0 spiro atoms. The molecule has 100 valence electrons. The van der Waals surface area contributed by atoms with Crippen molar-refractivity contribution in [2.75, 3.05) is 0 Å². The zero-order chi connectivity index (χ0) is 14.3. The van der Waals surface area contributed by atoms with Crippen molar-refractivity contribution in [2.24, 2.45) is 0 Å². The summed E-state index contributed by atoms with van der Waals surface area (Å²) in [6.45, 7) is 1.66. The van der Waals surface area contributed by atoms with E-state index in [0.717, 1.165) is 0 Å². The lowest BCUT2D eigenvalue weighted by Crippen LogP contribution is -2.03. The maximum Gasteiger partial charge on any atom is 0.235 e. The Labute approximate surface area is 114 Å². The Morgan fingerprint density at radius 2 is 1.70 bits per heavy atom. The summed E-state index contributed by atoms with van der Waals surface area (Å²) in [5.74, 6) is -0.268. The molecule has 0 radical (unpaired) electrons. The van der Waals surface area contributed by atoms with Gasteiger partial charge in [0, 0.05) is 11.1 Å². The van der Waals surface area contributed by atoms with E-state index in [1.54, 1.807) is 31.2 Å². The third-order valence-corrected chi connectivity index (χ3v) is 3.29. The van der Waals surface area contributed by atoms with Crippen LogP contribution in [-0.2, 0) is 0 Å². The minimum absolute atomic E-state index is 0.0466. The molecule has 1 heterocycles. The lowest BCUT2D eigenvalue weighted by Gasteiger charge is -2.08. The zero-order valence-corrected chi connectivity index (χ0v) is 10.8. The Hall–Kier alpha value is -2.75. The van der Waals surface area contributed by atoms with E-state index >= 15 is 0 Å². The number of aromatic hydroxyl groups is 2. The molecule has 4 nitrogen and oxygen atoms in total. The Kier molecular flexibility index (Phi) is 2.71. The van der Waals surface area contributed by atoms with E-state index in [4.69, 9.17) is 4.42 Å². The summed E-state index contributed by atoms with van der Waals surface area (Å²) in [5, 5.41) is 20.0. The summed E-state index contributed by atoms with van der Waals surface area (Å²) in [6, 6.07) is 11.7. The SMILES string of the molecule is Cc1c(O)ccc2c(=O)c(O)c(-c3ccccc3)oc12. The van der Waals surface area contributed by atoms with Crippen LogP contribution in [-0.4, -0.2) is 10.2 Å². The van der Waals surface area contributed by atoms with Crippen LogP contribution < -0.4 is 5.43 Å². The Bertz CT molecular complexity index is 848. The number of rotatable bonds is 1. The van der Waals surface area contributed by atoms with Gasteiger partial charge in [-0.25, -0.2) is 0 Å². The van der Waals surface area contributed by atoms with Gasteiger partial charge in [-0.1, -0.05) is 30.3 Å². The van der Waals surface area contributed by atoms with Gasteiger partial charge in [0.15, 0.2) is 5.76 Å². The summed E-state index contributed by atoms with van der Waals surface area (Å²) in [5.41, 5.74) is 0.850. The van der Waals surface area contributed by atoms with Crippen molar-refractivity contribution in [1.82, 2.24) is 0 Å². The average molecular weight is 268 g/mol. The Balaban J connectivity index is 2.44. The first kappa shape index (κ1) is 12.3. The molecule has 3 rings (SSSR count). The van der Waals surface area contributed by atoms with Crippen LogP contribution in [0.25, 0.3) is 22.3 Å². The Morgan fingerprint density at radius 3 is 2.40 bits per heavy atom. The predicted molar refractivity (Wildman–Crippen MR) is 76.0 cm³/mol. The van der Waals surface area contributed by atoms with E-state index in [9.17, 15) is 15.0 Å². The molecule has 4 heteroatoms. The highest BCUT2D eigenvalue weighted by Crippen LogP contribution is 2.33. The molecule has 0 bridgehead atoms. The highest BCUT2D eigenvalue weighted by molar-refractivity contribution is 5.85. The van der Waals surface area contributed by atoms with Crippen molar-refractivity contribution in [3.05, 3.63) is 58.3 Å². The van der Waals surface area contributed by atoms with Crippen molar-refractivity contribution in [3.8, 4) is 22.8 Å². The first-order valence-corrected chi connectivity index (χ1v) is 6.13. The number of aryl methyl sites for hydroxylation is 1. The van der Waals surface area contributed by atoms with Crippen molar-refractivity contribution in [2.45, 2.75) is 6.92 Å². The lowest BCUT2D eigenvalue weighted by atomic mass is 10.1. The maximum atomic E-state index is 12.2. The summed E-state index contributed by atoms with van der Waals surface area (Å²) in [4.78, 5) is 12.2. The van der Waals surface area contributed by atoms with Crippen LogP contribution in [0, 0.1) is 6.92 Å². The van der Waals surface area contributed by atoms with Crippen molar-refractivity contribution < 1.29 is 14.6 Å². The summed E-state index contributed by atoms with van der Waals surface area (Å²) in [7, 11) is 0. The van der Waals surface area contributed by atoms with Gasteiger partial charge in [0.05, 0.1) is 5.39 Å². The van der Waals surface area contributed by atoms with Crippen LogP contribution in [0.5, 0.6) is 11.5 Å². The van der Waals surface area contributed by atoms with Gasteiger partial charge >= 0.3 is 0 Å². The number of benzene rings is 2. The first-order chi connectivity index (χ1) is 9.59. The molecule has 0 saturated carbocycles. The molecule has 0 saturated heterocycles. The molecule has 0 fully saturated rings. The fraction of sp³-hybridized carbons (Fsp3) is 0.0625. The van der Waals surface area contributed by atoms with Gasteiger partial charge in [-0.2, -0.15) is 0 Å². The molecule has 0 aliphatic carbocycles. The normalized spacial score (nSPS) is 10.8. The maximum absolute atomic E-state index is 12.2. The molecule has 2 aromatic carbocycles. The molecular weight excluding hydrogens is 256 g/mol. The largest absolute Gasteiger partial charge is 0.508 e. The fourth-order valence-electron chi connectivity index (χ4n) is 2.16. The molecule has 20 heavy (non-hydrogen) atoms. The molecule has 0 unspecified atom stereocenters. The van der Waals surface area contributed by atoms with E-state index in [0.29, 0.717) is 11.1 Å². The van der Waals surface area contributed by atoms with E-state index in [1.165, 1.54) is 12.1 Å². The monoisotopic (exact) mass is 268 g/mol. The minimum Gasteiger partial charge on any atom is -0.508 e. The number of hydrogen-bond donors (Lipinski definition) is 2. The van der Waals surface area contributed by atoms with Gasteiger partial charge in [-0.3, -0.25) is 4.79 Å². The summed E-state index contributed by atoms with van der Waals surface area (Å²) in [6.07, 6.45) is 0. The summed E-state index contributed by atoms with van der Waals surface area (Å²) < 4.78 is 5.66. The minimum atomic E-state index is -0.506. The number of phenols is 1. The van der Waals surface area contributed by atoms with E-state index in [2.05, 4.69) is 0 Å². The second kappa shape index (κ2) is 4.42. The standard InChI is InChI=1S/C16H12O4/c1-9-12(17)8-7-11-13(18)14(19)16(20-15(9)11)10-5-3-2-4-6-10/h2-8,17,19H,1H3. The predicted octanol–water partition coefficient (Wildman–Crippen LogP) is 3.18. The van der Waals surface area contributed by atoms with Crippen molar-refractivity contribution in [3.63, 3.8) is 0 Å². The quantitative estimate of drug-likeness (QED) is 0.711. The van der Waals surface area contributed by atoms with Crippen molar-refractivity contribution in [1.29, 1.82) is 0 Å². The topological polar surface area (TPSA) is 70.7 Å². The van der Waals surface area contributed by atoms with Crippen LogP contribution in [0.2, 0.25) is 0 Å². The molecule has 0 amide bonds. The number of fused-ring (bicyclic) bond motifs is 1. The van der Waals surface area contributed by atoms with Gasteiger partial charge in [0.2, 0.25) is 11.2 Å². The highest BCUT2D eigenvalue weighted by atomic mass is 16.4. The Morgan fingerprint density at radius 1 is 1.00 bits per heavy atom. The van der Waals surface area contributed by atoms with Gasteiger partial charge < -0.3 is 14.6 Å². The van der Waals surface area contributed by atoms with Crippen LogP contribution in [0.4, 0.5) is 0 Å². The second-order valence-electron chi connectivity index (χ2n) is 4.56. The second-order valence-corrected chi connectivity index (χ2v) is 4.56. The van der Waals surface area contributed by atoms with Gasteiger partial charge in [-0.15, -0.1) is 0 Å². The summed E-state index contributed by atoms with van der Waals surface area (Å²) >= 11 is 0. The third kappa shape index (κ3) is 1.73.